The molecule has 0 aliphatic heterocycles. The number of aryl methyl sites for hydroxylation is 1. The summed E-state index contributed by atoms with van der Waals surface area (Å²) < 4.78 is 9.02. The summed E-state index contributed by atoms with van der Waals surface area (Å²) in [6.07, 6.45) is 6.26. The molecule has 3 heterocycles. The van der Waals surface area contributed by atoms with Gasteiger partial charge in [0.05, 0.1) is 29.1 Å². The molecule has 0 saturated carbocycles. The van der Waals surface area contributed by atoms with Gasteiger partial charge in [-0.15, -0.1) is 0 Å². The molecule has 0 radical (unpaired) electrons. The first kappa shape index (κ1) is 21.0. The van der Waals surface area contributed by atoms with Gasteiger partial charge in [0.15, 0.2) is 0 Å². The quantitative estimate of drug-likeness (QED) is 0.229. The molecule has 0 amide bonds. The fourth-order valence-corrected chi connectivity index (χ4v) is 5.95. The van der Waals surface area contributed by atoms with E-state index in [1.807, 2.05) is 7.05 Å². The third-order valence-electron chi connectivity index (χ3n) is 7.65. The second-order valence-electron chi connectivity index (χ2n) is 9.93. The van der Waals surface area contributed by atoms with Gasteiger partial charge in [-0.2, -0.15) is 0 Å². The number of benzene rings is 5. The molecule has 0 aliphatic rings. The Morgan fingerprint density at radius 1 is 0.474 bits per heavy atom. The van der Waals surface area contributed by atoms with Crippen molar-refractivity contribution in [1.29, 1.82) is 0 Å². The topological polar surface area (TPSA) is 18.7 Å². The SMILES string of the molecule is C[n+]1ccn(-c2ccc3c4ccccc4n(-c4ccc5c6ccccc6n(-c6ccccc6)c5c4)c3c2)c1. The maximum atomic E-state index is 2.41. The number of aromatic nitrogens is 4. The molecule has 8 aromatic rings. The molecule has 8 rings (SSSR count). The molecule has 180 valence electrons. The Bertz CT molecular complexity index is 2140. The van der Waals surface area contributed by atoms with Gasteiger partial charge in [-0.05, 0) is 48.5 Å². The van der Waals surface area contributed by atoms with Crippen LogP contribution in [-0.4, -0.2) is 13.7 Å². The van der Waals surface area contributed by atoms with Crippen LogP contribution in [0, 0.1) is 0 Å². The van der Waals surface area contributed by atoms with Crippen LogP contribution in [-0.2, 0) is 7.05 Å². The number of hydrogen-bond donors (Lipinski definition) is 0. The van der Waals surface area contributed by atoms with E-state index in [-0.39, 0.29) is 0 Å². The number of rotatable bonds is 3. The zero-order valence-electron chi connectivity index (χ0n) is 21.0. The van der Waals surface area contributed by atoms with Crippen LogP contribution in [0.15, 0.2) is 134 Å². The largest absolute Gasteiger partial charge is 0.309 e. The van der Waals surface area contributed by atoms with E-state index >= 15 is 0 Å². The first-order valence-electron chi connectivity index (χ1n) is 12.9. The van der Waals surface area contributed by atoms with Gasteiger partial charge >= 0.3 is 0 Å². The van der Waals surface area contributed by atoms with E-state index in [2.05, 4.69) is 152 Å². The second kappa shape index (κ2) is 7.95. The monoisotopic (exact) mass is 489 g/mol. The summed E-state index contributed by atoms with van der Waals surface area (Å²) in [6, 6.07) is 41.7. The van der Waals surface area contributed by atoms with Crippen molar-refractivity contribution in [3.05, 3.63) is 134 Å². The Kier molecular flexibility index (Phi) is 4.40. The molecule has 0 spiro atoms. The Morgan fingerprint density at radius 2 is 1.00 bits per heavy atom. The Balaban J connectivity index is 1.46. The highest BCUT2D eigenvalue weighted by molar-refractivity contribution is 6.12. The van der Waals surface area contributed by atoms with Gasteiger partial charge in [0, 0.05) is 39.0 Å². The minimum atomic E-state index is 1.14. The maximum absolute atomic E-state index is 2.41. The second-order valence-corrected chi connectivity index (χ2v) is 9.93. The van der Waals surface area contributed by atoms with Crippen molar-refractivity contribution in [3.63, 3.8) is 0 Å². The van der Waals surface area contributed by atoms with Gasteiger partial charge in [0.1, 0.15) is 18.1 Å². The molecule has 3 aromatic heterocycles. The molecule has 0 N–H and O–H groups in total. The highest BCUT2D eigenvalue weighted by Crippen LogP contribution is 2.37. The molecule has 5 aromatic carbocycles. The Hall–Kier alpha value is -5.09. The van der Waals surface area contributed by atoms with Crippen LogP contribution in [0.1, 0.15) is 0 Å². The lowest BCUT2D eigenvalue weighted by atomic mass is 10.1. The van der Waals surface area contributed by atoms with Crippen LogP contribution in [0.4, 0.5) is 0 Å². The number of nitrogens with zero attached hydrogens (tertiary/aromatic N) is 4. The van der Waals surface area contributed by atoms with Gasteiger partial charge in [0.25, 0.3) is 0 Å². The average Bonchev–Trinajstić information content (AvgIpc) is 3.64. The van der Waals surface area contributed by atoms with Gasteiger partial charge in [-0.3, -0.25) is 0 Å². The molecule has 0 bridgehead atoms. The molecule has 0 fully saturated rings. The van der Waals surface area contributed by atoms with E-state index in [4.69, 9.17) is 0 Å². The van der Waals surface area contributed by atoms with E-state index in [0.29, 0.717) is 0 Å². The molecule has 0 unspecified atom stereocenters. The number of hydrogen-bond acceptors (Lipinski definition) is 0. The van der Waals surface area contributed by atoms with Crippen molar-refractivity contribution in [2.45, 2.75) is 0 Å². The predicted molar refractivity (Wildman–Crippen MR) is 156 cm³/mol. The molecule has 4 nitrogen and oxygen atoms in total. The molecular formula is C34H25N4+. The minimum absolute atomic E-state index is 1.14. The third-order valence-corrected chi connectivity index (χ3v) is 7.65. The Labute approximate surface area is 219 Å². The summed E-state index contributed by atoms with van der Waals surface area (Å²) in [5, 5.41) is 5.04. The molecule has 38 heavy (non-hydrogen) atoms. The van der Waals surface area contributed by atoms with Crippen LogP contribution < -0.4 is 4.57 Å². The van der Waals surface area contributed by atoms with Gasteiger partial charge < -0.3 is 9.13 Å². The minimum Gasteiger partial charge on any atom is -0.309 e. The van der Waals surface area contributed by atoms with Gasteiger partial charge in [-0.25, -0.2) is 9.13 Å². The fourth-order valence-electron chi connectivity index (χ4n) is 5.95. The molecule has 4 heteroatoms. The first-order chi connectivity index (χ1) is 18.8. The van der Waals surface area contributed by atoms with E-state index < -0.39 is 0 Å². The van der Waals surface area contributed by atoms with Crippen molar-refractivity contribution in [2.24, 2.45) is 7.05 Å². The van der Waals surface area contributed by atoms with Crippen LogP contribution >= 0.6 is 0 Å². The Morgan fingerprint density at radius 3 is 1.63 bits per heavy atom. The highest BCUT2D eigenvalue weighted by Gasteiger charge is 2.17. The van der Waals surface area contributed by atoms with Crippen LogP contribution in [0.2, 0.25) is 0 Å². The first-order valence-corrected chi connectivity index (χ1v) is 12.9. The summed E-state index contributed by atoms with van der Waals surface area (Å²) in [5.41, 5.74) is 8.29. The molecule has 0 atom stereocenters. The highest BCUT2D eigenvalue weighted by atomic mass is 15.1. The average molecular weight is 490 g/mol. The summed E-state index contributed by atoms with van der Waals surface area (Å²) in [5.74, 6) is 0. The van der Waals surface area contributed by atoms with Crippen molar-refractivity contribution in [1.82, 2.24) is 13.7 Å². The lowest BCUT2D eigenvalue weighted by molar-refractivity contribution is -0.670. The number of fused-ring (bicyclic) bond motifs is 6. The normalized spacial score (nSPS) is 11.8. The van der Waals surface area contributed by atoms with Crippen molar-refractivity contribution < 1.29 is 4.57 Å². The summed E-state index contributed by atoms with van der Waals surface area (Å²) in [4.78, 5) is 0. The standard InChI is InChI=1S/C34H25N4/c1-35-19-20-36(23-35)25-15-17-29-28-12-6-8-14-32(28)38(33(29)21-25)26-16-18-30-27-11-5-7-13-31(27)37(34(30)22-26)24-9-3-2-4-10-24/h2-23H,1H3/q+1. The van der Waals surface area contributed by atoms with Gasteiger partial charge in [-0.1, -0.05) is 60.7 Å². The van der Waals surface area contributed by atoms with Gasteiger partial charge in [0.2, 0.25) is 6.33 Å². The third kappa shape index (κ3) is 3.01. The lowest BCUT2D eigenvalue weighted by Crippen LogP contribution is -2.23. The fraction of sp³-hybridized carbons (Fsp3) is 0.0294. The summed E-state index contributed by atoms with van der Waals surface area (Å²) >= 11 is 0. The van der Waals surface area contributed by atoms with Crippen LogP contribution in [0.3, 0.4) is 0 Å². The van der Waals surface area contributed by atoms with Crippen molar-refractivity contribution >= 4 is 43.6 Å². The zero-order chi connectivity index (χ0) is 25.2. The summed E-state index contributed by atoms with van der Waals surface area (Å²) in [7, 11) is 2.05. The zero-order valence-corrected chi connectivity index (χ0v) is 21.0. The van der Waals surface area contributed by atoms with Crippen molar-refractivity contribution in [2.75, 3.05) is 0 Å². The van der Waals surface area contributed by atoms with E-state index in [1.54, 1.807) is 0 Å². The maximum Gasteiger partial charge on any atom is 0.248 e. The van der Waals surface area contributed by atoms with E-state index in [0.717, 1.165) is 11.4 Å². The lowest BCUT2D eigenvalue weighted by Gasteiger charge is -2.11. The molecule has 0 aliphatic carbocycles. The molecular weight excluding hydrogens is 464 g/mol. The van der Waals surface area contributed by atoms with E-state index in [9.17, 15) is 0 Å². The molecule has 0 saturated heterocycles. The smallest absolute Gasteiger partial charge is 0.248 e. The van der Waals surface area contributed by atoms with Crippen LogP contribution in [0.25, 0.3) is 60.7 Å². The number of imidazole rings is 1. The van der Waals surface area contributed by atoms with E-state index in [1.165, 1.54) is 49.3 Å². The van der Waals surface area contributed by atoms with Crippen molar-refractivity contribution in [3.8, 4) is 17.1 Å². The van der Waals surface area contributed by atoms with Crippen LogP contribution in [0.5, 0.6) is 0 Å². The summed E-state index contributed by atoms with van der Waals surface area (Å²) in [6.45, 7) is 0. The number of para-hydroxylation sites is 3. The predicted octanol–water partition coefficient (Wildman–Crippen LogP) is 7.50.